The number of carboxylic acids is 1. The van der Waals surface area contributed by atoms with Crippen LogP contribution >= 0.6 is 27.3 Å². The minimum absolute atomic E-state index is 0.167. The van der Waals surface area contributed by atoms with Gasteiger partial charge in [0.25, 0.3) is 0 Å². The van der Waals surface area contributed by atoms with E-state index in [0.29, 0.717) is 6.54 Å². The lowest BCUT2D eigenvalue weighted by Crippen LogP contribution is -2.35. The van der Waals surface area contributed by atoms with Crippen LogP contribution in [0.3, 0.4) is 0 Å². The van der Waals surface area contributed by atoms with Gasteiger partial charge >= 0.3 is 5.97 Å². The van der Waals surface area contributed by atoms with Gasteiger partial charge in [-0.15, -0.1) is 11.3 Å². The molecule has 0 saturated heterocycles. The average Bonchev–Trinajstić information content (AvgIpc) is 2.78. The Morgan fingerprint density at radius 1 is 1.53 bits per heavy atom. The van der Waals surface area contributed by atoms with E-state index in [4.69, 9.17) is 5.11 Å². The molecular weight excluding hydrogens is 330 g/mol. The van der Waals surface area contributed by atoms with Gasteiger partial charge in [-0.1, -0.05) is 6.92 Å². The summed E-state index contributed by atoms with van der Waals surface area (Å²) in [6.07, 6.45) is 3.22. The van der Waals surface area contributed by atoms with Gasteiger partial charge in [0.1, 0.15) is 0 Å². The molecule has 1 rings (SSSR count). The fourth-order valence-electron chi connectivity index (χ4n) is 1.46. The van der Waals surface area contributed by atoms with Gasteiger partial charge in [-0.3, -0.25) is 9.59 Å². The van der Waals surface area contributed by atoms with Gasteiger partial charge in [-0.25, -0.2) is 0 Å². The summed E-state index contributed by atoms with van der Waals surface area (Å²) < 4.78 is 1.01. The molecule has 0 bridgehead atoms. The molecule has 6 heteroatoms. The molecule has 0 spiro atoms. The molecule has 1 amide bonds. The normalized spacial score (nSPS) is 12.6. The number of hydrogen-bond acceptors (Lipinski definition) is 3. The molecule has 0 fully saturated rings. The maximum Gasteiger partial charge on any atom is 0.308 e. The van der Waals surface area contributed by atoms with Crippen LogP contribution in [0.25, 0.3) is 6.08 Å². The molecule has 19 heavy (non-hydrogen) atoms. The standard InChI is InChI=1S/C13H16BrNO3S/c1-3-15(8-9(2)13(17)18)12(16)7-5-10-4-6-11(14)19-10/h4-7,9H,3,8H2,1-2H3,(H,17,18). The molecule has 0 aliphatic carbocycles. The molecule has 1 N–H and O–H groups in total. The minimum atomic E-state index is -0.891. The second-order valence-corrected chi connectivity index (χ2v) is 6.59. The molecule has 1 atom stereocenters. The first-order chi connectivity index (χ1) is 8.93. The number of aliphatic carboxylic acids is 1. The summed E-state index contributed by atoms with van der Waals surface area (Å²) in [6, 6.07) is 3.83. The highest BCUT2D eigenvalue weighted by Gasteiger charge is 2.17. The lowest BCUT2D eigenvalue weighted by atomic mass is 10.1. The molecule has 1 aromatic rings. The molecule has 104 valence electrons. The Morgan fingerprint density at radius 2 is 2.21 bits per heavy atom. The summed E-state index contributed by atoms with van der Waals surface area (Å²) in [6.45, 7) is 4.15. The molecule has 1 heterocycles. The van der Waals surface area contributed by atoms with Gasteiger partial charge in [-0.05, 0) is 41.1 Å². The van der Waals surface area contributed by atoms with Crippen LogP contribution in [0, 0.1) is 5.92 Å². The first-order valence-electron chi connectivity index (χ1n) is 5.89. The lowest BCUT2D eigenvalue weighted by Gasteiger charge is -2.21. The highest BCUT2D eigenvalue weighted by Crippen LogP contribution is 2.23. The number of rotatable bonds is 6. The van der Waals surface area contributed by atoms with Gasteiger partial charge < -0.3 is 10.0 Å². The third kappa shape index (κ3) is 5.16. The van der Waals surface area contributed by atoms with E-state index in [2.05, 4.69) is 15.9 Å². The van der Waals surface area contributed by atoms with Crippen molar-refractivity contribution >= 4 is 45.2 Å². The van der Waals surface area contributed by atoms with Crippen LogP contribution in [0.5, 0.6) is 0 Å². The number of thiophene rings is 1. The van der Waals surface area contributed by atoms with Crippen molar-refractivity contribution in [1.29, 1.82) is 0 Å². The van der Waals surface area contributed by atoms with E-state index in [-0.39, 0.29) is 12.5 Å². The summed E-state index contributed by atoms with van der Waals surface area (Å²) in [5, 5.41) is 8.86. The van der Waals surface area contributed by atoms with E-state index >= 15 is 0 Å². The van der Waals surface area contributed by atoms with Crippen LogP contribution < -0.4 is 0 Å². The number of halogens is 1. The Labute approximate surface area is 124 Å². The summed E-state index contributed by atoms with van der Waals surface area (Å²) in [5.74, 6) is -1.62. The molecule has 0 aromatic carbocycles. The zero-order chi connectivity index (χ0) is 14.4. The van der Waals surface area contributed by atoms with Gasteiger partial charge in [-0.2, -0.15) is 0 Å². The fraction of sp³-hybridized carbons (Fsp3) is 0.385. The third-order valence-electron chi connectivity index (χ3n) is 2.59. The Balaban J connectivity index is 2.63. The van der Waals surface area contributed by atoms with Crippen molar-refractivity contribution in [3.8, 4) is 0 Å². The van der Waals surface area contributed by atoms with Crippen molar-refractivity contribution < 1.29 is 14.7 Å². The second-order valence-electron chi connectivity index (χ2n) is 4.09. The molecular formula is C13H16BrNO3S. The first kappa shape index (κ1) is 15.9. The van der Waals surface area contributed by atoms with Crippen molar-refractivity contribution in [1.82, 2.24) is 4.90 Å². The van der Waals surface area contributed by atoms with Gasteiger partial charge in [0.2, 0.25) is 5.91 Å². The smallest absolute Gasteiger partial charge is 0.308 e. The Morgan fingerprint density at radius 3 is 2.68 bits per heavy atom. The Kier molecular flexibility index (Phi) is 6.24. The van der Waals surface area contributed by atoms with Crippen LogP contribution in [-0.4, -0.2) is 35.0 Å². The van der Waals surface area contributed by atoms with Crippen LogP contribution in [0.15, 0.2) is 22.0 Å². The average molecular weight is 346 g/mol. The SMILES string of the molecule is CCN(CC(C)C(=O)O)C(=O)C=Cc1ccc(Br)s1. The quantitative estimate of drug-likeness (QED) is 0.806. The topological polar surface area (TPSA) is 57.6 Å². The van der Waals surface area contributed by atoms with Crippen LogP contribution in [0.2, 0.25) is 0 Å². The van der Waals surface area contributed by atoms with Gasteiger partial charge in [0.15, 0.2) is 0 Å². The summed E-state index contributed by atoms with van der Waals surface area (Å²) >= 11 is 4.89. The van der Waals surface area contributed by atoms with Crippen LogP contribution in [0.1, 0.15) is 18.7 Å². The van der Waals surface area contributed by atoms with E-state index in [1.54, 1.807) is 13.0 Å². The van der Waals surface area contributed by atoms with E-state index in [1.807, 2.05) is 19.1 Å². The van der Waals surface area contributed by atoms with Crippen molar-refractivity contribution in [2.45, 2.75) is 13.8 Å². The minimum Gasteiger partial charge on any atom is -0.481 e. The number of amides is 1. The largest absolute Gasteiger partial charge is 0.481 e. The van der Waals surface area contributed by atoms with Gasteiger partial charge in [0.05, 0.1) is 9.70 Å². The predicted molar refractivity (Wildman–Crippen MR) is 80.1 cm³/mol. The monoisotopic (exact) mass is 345 g/mol. The van der Waals surface area contributed by atoms with Crippen molar-refractivity contribution in [2.24, 2.45) is 5.92 Å². The molecule has 0 saturated carbocycles. The van der Waals surface area contributed by atoms with E-state index in [1.165, 1.54) is 22.3 Å². The molecule has 0 aliphatic heterocycles. The lowest BCUT2D eigenvalue weighted by molar-refractivity contribution is -0.142. The number of hydrogen-bond donors (Lipinski definition) is 1. The zero-order valence-corrected chi connectivity index (χ0v) is 13.2. The maximum atomic E-state index is 12.0. The number of carbonyl (C=O) groups is 2. The van der Waals surface area contributed by atoms with Crippen LogP contribution in [-0.2, 0) is 9.59 Å². The van der Waals surface area contributed by atoms with Crippen molar-refractivity contribution in [2.75, 3.05) is 13.1 Å². The summed E-state index contributed by atoms with van der Waals surface area (Å²) in [4.78, 5) is 25.2. The fourth-order valence-corrected chi connectivity index (χ4v) is 2.79. The number of likely N-dealkylation sites (N-methyl/N-ethyl adjacent to an activating group) is 1. The number of nitrogens with zero attached hydrogens (tertiary/aromatic N) is 1. The maximum absolute atomic E-state index is 12.0. The zero-order valence-electron chi connectivity index (χ0n) is 10.8. The van der Waals surface area contributed by atoms with E-state index < -0.39 is 11.9 Å². The second kappa shape index (κ2) is 7.45. The third-order valence-corrected chi connectivity index (χ3v) is 4.18. The molecule has 0 aliphatic rings. The summed E-state index contributed by atoms with van der Waals surface area (Å²) in [5.41, 5.74) is 0. The Bertz CT molecular complexity index is 484. The first-order valence-corrected chi connectivity index (χ1v) is 7.50. The van der Waals surface area contributed by atoms with Crippen molar-refractivity contribution in [3.05, 3.63) is 26.9 Å². The number of carbonyl (C=O) groups excluding carboxylic acids is 1. The molecule has 4 nitrogen and oxygen atoms in total. The molecule has 1 unspecified atom stereocenters. The Hall–Kier alpha value is -1.14. The summed E-state index contributed by atoms with van der Waals surface area (Å²) in [7, 11) is 0. The highest BCUT2D eigenvalue weighted by atomic mass is 79.9. The van der Waals surface area contributed by atoms with E-state index in [0.717, 1.165) is 8.66 Å². The van der Waals surface area contributed by atoms with E-state index in [9.17, 15) is 9.59 Å². The predicted octanol–water partition coefficient (Wildman–Crippen LogP) is 3.09. The van der Waals surface area contributed by atoms with Gasteiger partial charge in [0, 0.05) is 24.0 Å². The highest BCUT2D eigenvalue weighted by molar-refractivity contribution is 9.11. The number of carboxylic acid groups (broad SMARTS) is 1. The van der Waals surface area contributed by atoms with Crippen molar-refractivity contribution in [3.63, 3.8) is 0 Å². The molecule has 1 aromatic heterocycles. The molecule has 0 radical (unpaired) electrons. The van der Waals surface area contributed by atoms with Crippen LogP contribution in [0.4, 0.5) is 0 Å².